The molecular formula is C22H37N3O4. The molecule has 3 aliphatic rings. The number of rotatable bonds is 7. The molecule has 3 saturated heterocycles. The van der Waals surface area contributed by atoms with Crippen molar-refractivity contribution >= 4 is 17.6 Å². The molecule has 7 nitrogen and oxygen atoms in total. The molecule has 3 fully saturated rings. The molecule has 0 aliphatic carbocycles. The van der Waals surface area contributed by atoms with Crippen molar-refractivity contribution in [1.29, 1.82) is 0 Å². The first-order valence-electron chi connectivity index (χ1n) is 11.4. The van der Waals surface area contributed by atoms with Gasteiger partial charge in [0.25, 0.3) is 5.91 Å². The van der Waals surface area contributed by atoms with Gasteiger partial charge in [0.1, 0.15) is 0 Å². The molecule has 3 heterocycles. The van der Waals surface area contributed by atoms with E-state index in [-0.39, 0.29) is 35.5 Å². The Hall–Kier alpha value is -1.47. The van der Waals surface area contributed by atoms with Crippen LogP contribution in [0.25, 0.3) is 0 Å². The summed E-state index contributed by atoms with van der Waals surface area (Å²) in [4.78, 5) is 41.0. The molecule has 29 heavy (non-hydrogen) atoms. The monoisotopic (exact) mass is 407 g/mol. The molecule has 0 aromatic carbocycles. The van der Waals surface area contributed by atoms with Crippen molar-refractivity contribution in [2.45, 2.75) is 70.9 Å². The van der Waals surface area contributed by atoms with E-state index in [0.29, 0.717) is 32.1 Å². The minimum atomic E-state index is -0.307. The van der Waals surface area contributed by atoms with E-state index in [0.717, 1.165) is 58.2 Å². The molecule has 2 amide bonds. The van der Waals surface area contributed by atoms with Gasteiger partial charge in [-0.15, -0.1) is 0 Å². The van der Waals surface area contributed by atoms with Crippen molar-refractivity contribution in [3.63, 3.8) is 0 Å². The molecule has 164 valence electrons. The van der Waals surface area contributed by atoms with Crippen LogP contribution in [0.2, 0.25) is 0 Å². The summed E-state index contributed by atoms with van der Waals surface area (Å²) < 4.78 is 5.57. The highest BCUT2D eigenvalue weighted by Crippen LogP contribution is 2.24. The summed E-state index contributed by atoms with van der Waals surface area (Å²) in [7, 11) is 0. The van der Waals surface area contributed by atoms with E-state index in [2.05, 4.69) is 10.2 Å². The molecule has 0 saturated carbocycles. The van der Waals surface area contributed by atoms with Crippen LogP contribution >= 0.6 is 0 Å². The van der Waals surface area contributed by atoms with Gasteiger partial charge in [0, 0.05) is 44.6 Å². The predicted octanol–water partition coefficient (Wildman–Crippen LogP) is 1.60. The third-order valence-corrected chi connectivity index (χ3v) is 6.53. The average molecular weight is 408 g/mol. The molecule has 3 rings (SSSR count). The summed E-state index contributed by atoms with van der Waals surface area (Å²) in [6.07, 6.45) is 6.28. The molecule has 1 atom stereocenters. The summed E-state index contributed by atoms with van der Waals surface area (Å²) in [6, 6.07) is 0.454. The van der Waals surface area contributed by atoms with E-state index in [4.69, 9.17) is 4.74 Å². The van der Waals surface area contributed by atoms with Gasteiger partial charge < -0.3 is 19.9 Å². The van der Waals surface area contributed by atoms with Crippen LogP contribution in [0, 0.1) is 11.8 Å². The lowest BCUT2D eigenvalue weighted by atomic mass is 9.92. The summed E-state index contributed by atoms with van der Waals surface area (Å²) in [5.41, 5.74) is 0. The van der Waals surface area contributed by atoms with Gasteiger partial charge in [-0.25, -0.2) is 0 Å². The fourth-order valence-electron chi connectivity index (χ4n) is 4.76. The van der Waals surface area contributed by atoms with E-state index in [9.17, 15) is 14.4 Å². The van der Waals surface area contributed by atoms with Crippen LogP contribution in [0.5, 0.6) is 0 Å². The Morgan fingerprint density at radius 3 is 2.28 bits per heavy atom. The van der Waals surface area contributed by atoms with Crippen LogP contribution in [0.4, 0.5) is 0 Å². The third kappa shape index (κ3) is 6.25. The number of hydrogen-bond acceptors (Lipinski definition) is 5. The first kappa shape index (κ1) is 22.2. The zero-order chi connectivity index (χ0) is 20.8. The maximum atomic E-state index is 12.4. The number of ketones is 1. The van der Waals surface area contributed by atoms with Crippen molar-refractivity contribution in [3.05, 3.63) is 0 Å². The van der Waals surface area contributed by atoms with Gasteiger partial charge in [-0.2, -0.15) is 0 Å². The second-order valence-electron chi connectivity index (χ2n) is 9.23. The zero-order valence-corrected chi connectivity index (χ0v) is 18.0. The Morgan fingerprint density at radius 2 is 1.69 bits per heavy atom. The van der Waals surface area contributed by atoms with Gasteiger partial charge in [0.15, 0.2) is 0 Å². The predicted molar refractivity (Wildman–Crippen MR) is 110 cm³/mol. The summed E-state index contributed by atoms with van der Waals surface area (Å²) in [5, 5.41) is 3.07. The number of amides is 2. The fourth-order valence-corrected chi connectivity index (χ4v) is 4.76. The lowest BCUT2D eigenvalue weighted by Gasteiger charge is -2.41. The normalized spacial score (nSPS) is 24.8. The fraction of sp³-hybridized carbons (Fsp3) is 0.864. The molecule has 3 aliphatic heterocycles. The van der Waals surface area contributed by atoms with Crippen LogP contribution < -0.4 is 5.32 Å². The number of hydrogen-bond donors (Lipinski definition) is 1. The second-order valence-corrected chi connectivity index (χ2v) is 9.23. The highest BCUT2D eigenvalue weighted by molar-refractivity contribution is 6.36. The number of carbonyl (C=O) groups excluding carboxylic acids is 3. The number of likely N-dealkylation sites (tertiary alicyclic amines) is 2. The maximum Gasteiger partial charge on any atom is 0.289 e. The third-order valence-electron chi connectivity index (χ3n) is 6.53. The van der Waals surface area contributed by atoms with Gasteiger partial charge in [-0.05, 0) is 57.5 Å². The van der Waals surface area contributed by atoms with Crippen molar-refractivity contribution in [2.75, 3.05) is 39.3 Å². The van der Waals surface area contributed by atoms with E-state index in [1.807, 2.05) is 13.8 Å². The first-order valence-corrected chi connectivity index (χ1v) is 11.4. The highest BCUT2D eigenvalue weighted by Gasteiger charge is 2.33. The van der Waals surface area contributed by atoms with Gasteiger partial charge >= 0.3 is 0 Å². The van der Waals surface area contributed by atoms with Gasteiger partial charge in [0.05, 0.1) is 6.10 Å². The van der Waals surface area contributed by atoms with E-state index < -0.39 is 0 Å². The van der Waals surface area contributed by atoms with Gasteiger partial charge in [-0.1, -0.05) is 13.8 Å². The molecule has 7 heteroatoms. The number of carbonyl (C=O) groups is 3. The van der Waals surface area contributed by atoms with Crippen molar-refractivity contribution < 1.29 is 19.1 Å². The molecule has 0 bridgehead atoms. The minimum absolute atomic E-state index is 0.1000. The highest BCUT2D eigenvalue weighted by atomic mass is 16.5. The van der Waals surface area contributed by atoms with Crippen molar-refractivity contribution in [2.24, 2.45) is 11.8 Å². The second kappa shape index (κ2) is 10.5. The molecule has 0 aromatic rings. The van der Waals surface area contributed by atoms with Gasteiger partial charge in [-0.3, -0.25) is 14.4 Å². The summed E-state index contributed by atoms with van der Waals surface area (Å²) >= 11 is 0. The number of nitrogens with one attached hydrogen (secondary N) is 1. The Labute approximate surface area is 174 Å². The topological polar surface area (TPSA) is 79.0 Å². The van der Waals surface area contributed by atoms with E-state index in [1.165, 1.54) is 0 Å². The minimum Gasteiger partial charge on any atom is -0.376 e. The average Bonchev–Trinajstić information content (AvgIpc) is 3.25. The standard InChI is InChI=1S/C22H37N3O4/c1-16(2)14-20(26)22(28)25-11-7-18(8-12-25)24-9-5-17(6-10-24)21(27)23-15-19-4-3-13-29-19/h16-19H,3-15H2,1-2H3,(H,23,27)/t19-/m0/s1. The van der Waals surface area contributed by atoms with Crippen LogP contribution in [0.15, 0.2) is 0 Å². The van der Waals surface area contributed by atoms with E-state index in [1.54, 1.807) is 4.90 Å². The lowest BCUT2D eigenvalue weighted by Crippen LogP contribution is -2.51. The molecule has 0 radical (unpaired) electrons. The number of nitrogens with zero attached hydrogens (tertiary/aromatic N) is 2. The SMILES string of the molecule is CC(C)CC(=O)C(=O)N1CCC(N2CCC(C(=O)NC[C@@H]3CCCO3)CC2)CC1. The largest absolute Gasteiger partial charge is 0.376 e. The molecule has 0 aromatic heterocycles. The Morgan fingerprint density at radius 1 is 1.00 bits per heavy atom. The van der Waals surface area contributed by atoms with Crippen molar-refractivity contribution in [3.8, 4) is 0 Å². The number of piperidine rings is 2. The van der Waals surface area contributed by atoms with E-state index >= 15 is 0 Å². The lowest BCUT2D eigenvalue weighted by molar-refractivity contribution is -0.146. The molecule has 0 spiro atoms. The summed E-state index contributed by atoms with van der Waals surface area (Å²) in [5.74, 6) is -0.0765. The molecule has 1 N–H and O–H groups in total. The molecule has 0 unspecified atom stereocenters. The summed E-state index contributed by atoms with van der Waals surface area (Å²) in [6.45, 7) is 8.57. The van der Waals surface area contributed by atoms with Crippen LogP contribution in [0.3, 0.4) is 0 Å². The Kier molecular flexibility index (Phi) is 8.07. The quantitative estimate of drug-likeness (QED) is 0.649. The number of ether oxygens (including phenoxy) is 1. The van der Waals surface area contributed by atoms with Crippen molar-refractivity contribution in [1.82, 2.24) is 15.1 Å². The van der Waals surface area contributed by atoms with Crippen LogP contribution in [0.1, 0.15) is 58.8 Å². The Balaban J connectivity index is 1.35. The van der Waals surface area contributed by atoms with Crippen LogP contribution in [-0.2, 0) is 19.1 Å². The Bertz CT molecular complexity index is 573. The van der Waals surface area contributed by atoms with Gasteiger partial charge in [0.2, 0.25) is 11.7 Å². The molecular weight excluding hydrogens is 370 g/mol. The first-order chi connectivity index (χ1) is 13.9. The zero-order valence-electron chi connectivity index (χ0n) is 18.0. The van der Waals surface area contributed by atoms with Crippen LogP contribution in [-0.4, -0.2) is 78.9 Å². The number of Topliss-reactive ketones (excluding diaryl/α,β-unsaturated/α-hetero) is 1. The maximum absolute atomic E-state index is 12.4. The smallest absolute Gasteiger partial charge is 0.289 e.